The van der Waals surface area contributed by atoms with Crippen LogP contribution >= 0.6 is 11.6 Å². The fraction of sp³-hybridized carbons (Fsp3) is 0.500. The van der Waals surface area contributed by atoms with Crippen LogP contribution in [0.5, 0.6) is 0 Å². The van der Waals surface area contributed by atoms with Crippen molar-refractivity contribution in [1.29, 1.82) is 0 Å². The van der Waals surface area contributed by atoms with E-state index in [-0.39, 0.29) is 12.6 Å². The normalized spacial score (nSPS) is 16.4. The molecule has 0 aromatic heterocycles. The zero-order chi connectivity index (χ0) is 17.4. The highest BCUT2D eigenvalue weighted by molar-refractivity contribution is 6.30. The number of nitrogens with one attached hydrogen (secondary N) is 1. The van der Waals surface area contributed by atoms with Gasteiger partial charge in [-0.2, -0.15) is 0 Å². The van der Waals surface area contributed by atoms with E-state index >= 15 is 0 Å². The van der Waals surface area contributed by atoms with Crippen molar-refractivity contribution in [2.75, 3.05) is 26.7 Å². The number of carbonyl (C=O) groups excluding carboxylic acids is 2. The van der Waals surface area contributed by atoms with Gasteiger partial charge in [0, 0.05) is 18.1 Å². The molecule has 1 fully saturated rings. The molecule has 23 heavy (non-hydrogen) atoms. The Morgan fingerprint density at radius 3 is 2.57 bits per heavy atom. The molecule has 2 amide bonds. The van der Waals surface area contributed by atoms with Crippen LogP contribution < -0.4 is 5.32 Å². The molecular formula is C16H23ClN2O4. The summed E-state index contributed by atoms with van der Waals surface area (Å²) in [5.74, 6) is -0.488. The number of aliphatic hydroxyl groups excluding tert-OH is 1. The number of halogens is 1. The van der Waals surface area contributed by atoms with Crippen LogP contribution in [-0.4, -0.2) is 54.9 Å². The maximum atomic E-state index is 11.3. The minimum Gasteiger partial charge on any atom is -0.468 e. The van der Waals surface area contributed by atoms with Gasteiger partial charge in [0.25, 0.3) is 0 Å². The predicted octanol–water partition coefficient (Wildman–Crippen LogP) is 1.89. The molecule has 1 heterocycles. The summed E-state index contributed by atoms with van der Waals surface area (Å²) in [6, 6.07) is 5.56. The number of hydrogen-bond acceptors (Lipinski definition) is 4. The second-order valence-electron chi connectivity index (χ2n) is 5.35. The number of carbonyl (C=O) groups is 2. The number of urea groups is 1. The van der Waals surface area contributed by atoms with Crippen LogP contribution in [0.2, 0.25) is 5.02 Å². The van der Waals surface area contributed by atoms with Crippen molar-refractivity contribution < 1.29 is 19.4 Å². The molecule has 1 saturated heterocycles. The molecule has 2 N–H and O–H groups in total. The molecule has 128 valence electrons. The largest absolute Gasteiger partial charge is 0.468 e. The molecule has 0 aliphatic carbocycles. The van der Waals surface area contributed by atoms with E-state index in [1.54, 1.807) is 0 Å². The zero-order valence-electron chi connectivity index (χ0n) is 13.6. The summed E-state index contributed by atoms with van der Waals surface area (Å²) in [4.78, 5) is 23.5. The first-order chi connectivity index (χ1) is 10.8. The number of aryl methyl sites for hydroxylation is 2. The molecule has 0 saturated carbocycles. The summed E-state index contributed by atoms with van der Waals surface area (Å²) in [5.41, 5.74) is 2.54. The van der Waals surface area contributed by atoms with E-state index in [1.165, 1.54) is 23.1 Å². The number of nitrogens with zero attached hydrogens (tertiary/aromatic N) is 1. The van der Waals surface area contributed by atoms with Gasteiger partial charge in [0.1, 0.15) is 6.54 Å². The first-order valence-corrected chi connectivity index (χ1v) is 7.71. The summed E-state index contributed by atoms with van der Waals surface area (Å²) in [5, 5.41) is 12.4. The van der Waals surface area contributed by atoms with Crippen molar-refractivity contribution in [1.82, 2.24) is 10.2 Å². The number of benzene rings is 1. The molecule has 1 aromatic rings. The number of methoxy groups -OCH3 is 1. The van der Waals surface area contributed by atoms with Gasteiger partial charge in [-0.1, -0.05) is 17.7 Å². The van der Waals surface area contributed by atoms with Crippen molar-refractivity contribution in [3.05, 3.63) is 34.3 Å². The summed E-state index contributed by atoms with van der Waals surface area (Å²) in [6.07, 6.45) is 0.143. The van der Waals surface area contributed by atoms with E-state index < -0.39 is 12.1 Å². The summed E-state index contributed by atoms with van der Waals surface area (Å²) >= 11 is 5.72. The number of rotatable bonds is 2. The lowest BCUT2D eigenvalue weighted by atomic mass is 10.1. The molecule has 1 aliphatic rings. The van der Waals surface area contributed by atoms with Gasteiger partial charge in [0.2, 0.25) is 0 Å². The van der Waals surface area contributed by atoms with E-state index in [9.17, 15) is 9.59 Å². The third kappa shape index (κ3) is 6.88. The molecule has 0 spiro atoms. The van der Waals surface area contributed by atoms with Crippen molar-refractivity contribution in [2.45, 2.75) is 26.4 Å². The third-order valence-corrected chi connectivity index (χ3v) is 3.77. The number of β-amino-alcohol motifs (C(OH)–C–C–N with tert-alkyl or cyclic N) is 1. The van der Waals surface area contributed by atoms with Crippen LogP contribution in [-0.2, 0) is 9.53 Å². The third-order valence-electron chi connectivity index (χ3n) is 3.53. The van der Waals surface area contributed by atoms with Crippen LogP contribution in [0, 0.1) is 13.8 Å². The smallest absolute Gasteiger partial charge is 0.325 e. The Bertz CT molecular complexity index is 551. The maximum absolute atomic E-state index is 11.3. The average molecular weight is 343 g/mol. The Hall–Kier alpha value is -1.79. The van der Waals surface area contributed by atoms with E-state index in [1.807, 2.05) is 18.2 Å². The monoisotopic (exact) mass is 342 g/mol. The predicted molar refractivity (Wildman–Crippen MR) is 88.5 cm³/mol. The number of likely N-dealkylation sites (tertiary alicyclic amines) is 1. The number of aliphatic hydroxyl groups is 1. The van der Waals surface area contributed by atoms with Crippen molar-refractivity contribution in [2.24, 2.45) is 0 Å². The van der Waals surface area contributed by atoms with Crippen LogP contribution in [0.25, 0.3) is 0 Å². The Kier molecular flexibility index (Phi) is 7.85. The minimum atomic E-state index is -0.488. The lowest BCUT2D eigenvalue weighted by Gasteiger charge is -2.15. The SMILES string of the molecule is COC(=O)CNC(=O)N1CCC(O)C1.Cc1ccc(Cl)cc1C. The minimum absolute atomic E-state index is 0.137. The molecular weight excluding hydrogens is 320 g/mol. The molecule has 0 bridgehead atoms. The Morgan fingerprint density at radius 1 is 1.39 bits per heavy atom. The van der Waals surface area contributed by atoms with Gasteiger partial charge >= 0.3 is 12.0 Å². The quantitative estimate of drug-likeness (QED) is 0.804. The van der Waals surface area contributed by atoms with Gasteiger partial charge in [-0.05, 0) is 43.5 Å². The van der Waals surface area contributed by atoms with Crippen molar-refractivity contribution in [3.8, 4) is 0 Å². The second-order valence-corrected chi connectivity index (χ2v) is 5.79. The Balaban J connectivity index is 0.000000253. The molecule has 2 rings (SSSR count). The summed E-state index contributed by atoms with van der Waals surface area (Å²) in [7, 11) is 1.26. The summed E-state index contributed by atoms with van der Waals surface area (Å²) in [6.45, 7) is 4.84. The van der Waals surface area contributed by atoms with Gasteiger partial charge in [-0.25, -0.2) is 4.79 Å². The Morgan fingerprint density at radius 2 is 2.09 bits per heavy atom. The van der Waals surface area contributed by atoms with E-state index in [2.05, 4.69) is 23.9 Å². The van der Waals surface area contributed by atoms with Crippen LogP contribution in [0.1, 0.15) is 17.5 Å². The fourth-order valence-corrected chi connectivity index (χ4v) is 2.19. The van der Waals surface area contributed by atoms with E-state index in [0.29, 0.717) is 19.5 Å². The van der Waals surface area contributed by atoms with E-state index in [4.69, 9.17) is 16.7 Å². The number of ether oxygens (including phenoxy) is 1. The van der Waals surface area contributed by atoms with Gasteiger partial charge in [-0.15, -0.1) is 0 Å². The molecule has 1 aliphatic heterocycles. The second kappa shape index (κ2) is 9.37. The molecule has 6 nitrogen and oxygen atoms in total. The van der Waals surface area contributed by atoms with E-state index in [0.717, 1.165) is 5.02 Å². The molecule has 0 radical (unpaired) electrons. The molecule has 1 aromatic carbocycles. The summed E-state index contributed by atoms with van der Waals surface area (Å²) < 4.78 is 4.36. The maximum Gasteiger partial charge on any atom is 0.325 e. The molecule has 1 unspecified atom stereocenters. The van der Waals surface area contributed by atoms with Crippen molar-refractivity contribution >= 4 is 23.6 Å². The lowest BCUT2D eigenvalue weighted by molar-refractivity contribution is -0.139. The van der Waals surface area contributed by atoms with Crippen molar-refractivity contribution in [3.63, 3.8) is 0 Å². The topological polar surface area (TPSA) is 78.9 Å². The molecule has 7 heteroatoms. The van der Waals surface area contributed by atoms with Gasteiger partial charge in [0.15, 0.2) is 0 Å². The van der Waals surface area contributed by atoms with Gasteiger partial charge in [-0.3, -0.25) is 4.79 Å². The highest BCUT2D eigenvalue weighted by Gasteiger charge is 2.24. The number of hydrogen-bond donors (Lipinski definition) is 2. The average Bonchev–Trinajstić information content (AvgIpc) is 2.95. The van der Waals surface area contributed by atoms with Crippen LogP contribution in [0.15, 0.2) is 18.2 Å². The Labute approximate surface area is 141 Å². The van der Waals surface area contributed by atoms with Gasteiger partial charge in [0.05, 0.1) is 13.2 Å². The number of esters is 1. The first kappa shape index (κ1) is 19.3. The number of amides is 2. The van der Waals surface area contributed by atoms with Crippen LogP contribution in [0.3, 0.4) is 0 Å². The molecule has 1 atom stereocenters. The standard InChI is InChI=1S/C8H9Cl.C8H14N2O4/c1-6-3-4-8(9)5-7(6)2;1-14-7(12)4-9-8(13)10-3-2-6(11)5-10/h3-5H,1-2H3;6,11H,2-5H2,1H3,(H,9,13). The highest BCUT2D eigenvalue weighted by Crippen LogP contribution is 2.13. The zero-order valence-corrected chi connectivity index (χ0v) is 14.4. The first-order valence-electron chi connectivity index (χ1n) is 7.34. The van der Waals surface area contributed by atoms with Crippen LogP contribution in [0.4, 0.5) is 4.79 Å². The lowest BCUT2D eigenvalue weighted by Crippen LogP contribution is -2.41. The van der Waals surface area contributed by atoms with Gasteiger partial charge < -0.3 is 20.1 Å². The fourth-order valence-electron chi connectivity index (χ4n) is 1.96. The highest BCUT2D eigenvalue weighted by atomic mass is 35.5.